The van der Waals surface area contributed by atoms with Gasteiger partial charge in [-0.3, -0.25) is 11.3 Å². The highest BCUT2D eigenvalue weighted by atomic mass is 35.5. The van der Waals surface area contributed by atoms with Gasteiger partial charge in [0.15, 0.2) is 0 Å². The molecule has 0 fully saturated rings. The lowest BCUT2D eigenvalue weighted by Crippen LogP contribution is -2.30. The van der Waals surface area contributed by atoms with Crippen molar-refractivity contribution in [2.24, 2.45) is 5.84 Å². The van der Waals surface area contributed by atoms with Crippen LogP contribution in [-0.2, 0) is 6.42 Å². The Morgan fingerprint density at radius 3 is 2.42 bits per heavy atom. The minimum Gasteiger partial charge on any atom is -0.271 e. The molecule has 19 heavy (non-hydrogen) atoms. The first-order chi connectivity index (χ1) is 9.10. The molecule has 3 N–H and O–H groups in total. The SMILES string of the molecule is NNC(Cc1ccc(F)cc1)c1cc(Cl)ccc1F. The van der Waals surface area contributed by atoms with Gasteiger partial charge in [0.1, 0.15) is 11.6 Å². The van der Waals surface area contributed by atoms with Crippen molar-refractivity contribution in [3.8, 4) is 0 Å². The largest absolute Gasteiger partial charge is 0.271 e. The molecule has 2 aromatic carbocycles. The summed E-state index contributed by atoms with van der Waals surface area (Å²) in [4.78, 5) is 0. The molecular formula is C14H13ClF2N2. The predicted octanol–water partition coefficient (Wildman–Crippen LogP) is 3.37. The number of halogens is 3. The zero-order valence-electron chi connectivity index (χ0n) is 10.0. The first kappa shape index (κ1) is 13.9. The molecule has 0 aromatic heterocycles. The van der Waals surface area contributed by atoms with Crippen LogP contribution in [0.3, 0.4) is 0 Å². The van der Waals surface area contributed by atoms with E-state index < -0.39 is 6.04 Å². The van der Waals surface area contributed by atoms with Crippen LogP contribution in [0, 0.1) is 11.6 Å². The smallest absolute Gasteiger partial charge is 0.128 e. The summed E-state index contributed by atoms with van der Waals surface area (Å²) < 4.78 is 26.6. The van der Waals surface area contributed by atoms with E-state index in [1.807, 2.05) is 0 Å². The van der Waals surface area contributed by atoms with Crippen molar-refractivity contribution in [3.05, 3.63) is 70.2 Å². The molecule has 2 nitrogen and oxygen atoms in total. The van der Waals surface area contributed by atoms with E-state index in [0.717, 1.165) is 5.56 Å². The van der Waals surface area contributed by atoms with Crippen molar-refractivity contribution < 1.29 is 8.78 Å². The van der Waals surface area contributed by atoms with E-state index in [-0.39, 0.29) is 11.6 Å². The molecule has 0 spiro atoms. The maximum Gasteiger partial charge on any atom is 0.128 e. The fourth-order valence-electron chi connectivity index (χ4n) is 1.90. The highest BCUT2D eigenvalue weighted by Crippen LogP contribution is 2.24. The maximum absolute atomic E-state index is 13.8. The summed E-state index contributed by atoms with van der Waals surface area (Å²) in [5, 5.41) is 0.441. The number of hydrogen-bond acceptors (Lipinski definition) is 2. The number of hydrazine groups is 1. The minimum atomic E-state index is -0.427. The third kappa shape index (κ3) is 3.50. The molecule has 0 saturated heterocycles. The van der Waals surface area contributed by atoms with E-state index in [4.69, 9.17) is 17.4 Å². The van der Waals surface area contributed by atoms with E-state index in [0.29, 0.717) is 17.0 Å². The van der Waals surface area contributed by atoms with Crippen LogP contribution >= 0.6 is 11.6 Å². The second-order valence-electron chi connectivity index (χ2n) is 4.22. The quantitative estimate of drug-likeness (QED) is 0.666. The van der Waals surface area contributed by atoms with Crippen LogP contribution < -0.4 is 11.3 Å². The molecule has 0 aliphatic rings. The monoisotopic (exact) mass is 282 g/mol. The Balaban J connectivity index is 2.24. The third-order valence-electron chi connectivity index (χ3n) is 2.89. The molecule has 0 aliphatic heterocycles. The Morgan fingerprint density at radius 1 is 1.11 bits per heavy atom. The summed E-state index contributed by atoms with van der Waals surface area (Å²) in [5.41, 5.74) is 3.80. The van der Waals surface area contributed by atoms with E-state index in [9.17, 15) is 8.78 Å². The van der Waals surface area contributed by atoms with E-state index >= 15 is 0 Å². The van der Waals surface area contributed by atoms with Crippen molar-refractivity contribution in [2.75, 3.05) is 0 Å². The first-order valence-electron chi connectivity index (χ1n) is 5.75. The number of nitrogens with one attached hydrogen (secondary N) is 1. The molecular weight excluding hydrogens is 270 g/mol. The standard InChI is InChI=1S/C14H13ClF2N2/c15-10-3-6-13(17)12(8-10)14(19-18)7-9-1-4-11(16)5-2-9/h1-6,8,14,19H,7,18H2. The summed E-state index contributed by atoms with van der Waals surface area (Å²) in [6.45, 7) is 0. The topological polar surface area (TPSA) is 38.0 Å². The zero-order valence-corrected chi connectivity index (χ0v) is 10.8. The molecule has 2 aromatic rings. The summed E-state index contributed by atoms with van der Waals surface area (Å²) in [5.74, 6) is 4.78. The predicted molar refractivity (Wildman–Crippen MR) is 71.6 cm³/mol. The Hall–Kier alpha value is -1.49. The van der Waals surface area contributed by atoms with Gasteiger partial charge in [-0.05, 0) is 42.3 Å². The Bertz CT molecular complexity index is 558. The van der Waals surface area contributed by atoms with Gasteiger partial charge in [0.2, 0.25) is 0 Å². The number of hydrogen-bond donors (Lipinski definition) is 2. The lowest BCUT2D eigenvalue weighted by molar-refractivity contribution is 0.510. The average Bonchev–Trinajstić information content (AvgIpc) is 2.41. The van der Waals surface area contributed by atoms with Gasteiger partial charge in [-0.1, -0.05) is 23.7 Å². The van der Waals surface area contributed by atoms with Crippen molar-refractivity contribution in [1.29, 1.82) is 0 Å². The van der Waals surface area contributed by atoms with Gasteiger partial charge in [0.05, 0.1) is 6.04 Å². The number of benzene rings is 2. The highest BCUT2D eigenvalue weighted by molar-refractivity contribution is 6.30. The van der Waals surface area contributed by atoms with E-state index in [2.05, 4.69) is 5.43 Å². The molecule has 0 bridgehead atoms. The van der Waals surface area contributed by atoms with Gasteiger partial charge in [0.25, 0.3) is 0 Å². The minimum absolute atomic E-state index is 0.310. The Morgan fingerprint density at radius 2 is 1.79 bits per heavy atom. The molecule has 0 aliphatic carbocycles. The normalized spacial score (nSPS) is 12.4. The van der Waals surface area contributed by atoms with Gasteiger partial charge in [0, 0.05) is 10.6 Å². The van der Waals surface area contributed by atoms with Gasteiger partial charge in [-0.25, -0.2) is 8.78 Å². The fraction of sp³-hybridized carbons (Fsp3) is 0.143. The highest BCUT2D eigenvalue weighted by Gasteiger charge is 2.15. The molecule has 100 valence electrons. The van der Waals surface area contributed by atoms with Crippen LogP contribution in [0.25, 0.3) is 0 Å². The zero-order chi connectivity index (χ0) is 13.8. The van der Waals surface area contributed by atoms with Crippen LogP contribution in [0.4, 0.5) is 8.78 Å². The molecule has 1 atom stereocenters. The van der Waals surface area contributed by atoms with Crippen molar-refractivity contribution >= 4 is 11.6 Å². The lowest BCUT2D eigenvalue weighted by Gasteiger charge is -2.17. The summed E-state index contributed by atoms with van der Waals surface area (Å²) >= 11 is 5.86. The first-order valence-corrected chi connectivity index (χ1v) is 6.13. The molecule has 0 heterocycles. The van der Waals surface area contributed by atoms with Crippen LogP contribution in [0.15, 0.2) is 42.5 Å². The number of nitrogens with two attached hydrogens (primary N) is 1. The van der Waals surface area contributed by atoms with Gasteiger partial charge in [-0.2, -0.15) is 0 Å². The van der Waals surface area contributed by atoms with Crippen molar-refractivity contribution in [3.63, 3.8) is 0 Å². The Kier molecular flexibility index (Phi) is 4.47. The number of rotatable bonds is 4. The average molecular weight is 283 g/mol. The molecule has 5 heteroatoms. The van der Waals surface area contributed by atoms with Crippen molar-refractivity contribution in [1.82, 2.24) is 5.43 Å². The molecule has 0 saturated carbocycles. The van der Waals surface area contributed by atoms with E-state index in [1.165, 1.54) is 30.3 Å². The molecule has 2 rings (SSSR count). The van der Waals surface area contributed by atoms with Gasteiger partial charge >= 0.3 is 0 Å². The fourth-order valence-corrected chi connectivity index (χ4v) is 2.08. The second kappa shape index (κ2) is 6.10. The summed E-state index contributed by atoms with van der Waals surface area (Å²) in [6, 6.07) is 9.88. The maximum atomic E-state index is 13.8. The molecule has 0 amide bonds. The van der Waals surface area contributed by atoms with E-state index in [1.54, 1.807) is 12.1 Å². The van der Waals surface area contributed by atoms with Gasteiger partial charge < -0.3 is 0 Å². The summed E-state index contributed by atoms with van der Waals surface area (Å²) in [7, 11) is 0. The summed E-state index contributed by atoms with van der Waals surface area (Å²) in [6.07, 6.45) is 0.439. The molecule has 0 radical (unpaired) electrons. The lowest BCUT2D eigenvalue weighted by atomic mass is 9.99. The molecule has 1 unspecified atom stereocenters. The van der Waals surface area contributed by atoms with Crippen LogP contribution in [0.1, 0.15) is 17.2 Å². The van der Waals surface area contributed by atoms with Crippen LogP contribution in [0.2, 0.25) is 5.02 Å². The van der Waals surface area contributed by atoms with Gasteiger partial charge in [-0.15, -0.1) is 0 Å². The van der Waals surface area contributed by atoms with Crippen LogP contribution in [-0.4, -0.2) is 0 Å². The Labute approximate surface area is 115 Å². The third-order valence-corrected chi connectivity index (χ3v) is 3.12. The second-order valence-corrected chi connectivity index (χ2v) is 4.65. The van der Waals surface area contributed by atoms with Crippen molar-refractivity contribution in [2.45, 2.75) is 12.5 Å². The van der Waals surface area contributed by atoms with Crippen LogP contribution in [0.5, 0.6) is 0 Å².